The first kappa shape index (κ1) is 18.1. The number of ether oxygens (including phenoxy) is 1. The number of hydrogen-bond acceptors (Lipinski definition) is 4. The highest BCUT2D eigenvalue weighted by molar-refractivity contribution is 5.98. The second-order valence-electron chi connectivity index (χ2n) is 7.09. The van der Waals surface area contributed by atoms with Gasteiger partial charge in [-0.15, -0.1) is 0 Å². The molecule has 0 spiro atoms. The van der Waals surface area contributed by atoms with Gasteiger partial charge in [-0.05, 0) is 30.7 Å². The van der Waals surface area contributed by atoms with Crippen LogP contribution in [0.1, 0.15) is 28.2 Å². The van der Waals surface area contributed by atoms with E-state index in [9.17, 15) is 9.59 Å². The van der Waals surface area contributed by atoms with Crippen LogP contribution in [-0.4, -0.2) is 15.5 Å². The Morgan fingerprint density at radius 2 is 1.47 bits per heavy atom. The van der Waals surface area contributed by atoms with E-state index >= 15 is 0 Å². The van der Waals surface area contributed by atoms with E-state index in [1.54, 1.807) is 34.9 Å². The fourth-order valence-electron chi connectivity index (χ4n) is 3.77. The number of carbonyl (C=O) groups excluding carboxylic acids is 1. The van der Waals surface area contributed by atoms with Gasteiger partial charge in [-0.1, -0.05) is 60.7 Å². The Bertz CT molecular complexity index is 1340. The van der Waals surface area contributed by atoms with Gasteiger partial charge < -0.3 is 4.74 Å². The van der Waals surface area contributed by atoms with Crippen LogP contribution in [0.25, 0.3) is 22.2 Å². The lowest BCUT2D eigenvalue weighted by Crippen LogP contribution is -2.20. The topological polar surface area (TPSA) is 61.2 Å². The van der Waals surface area contributed by atoms with Gasteiger partial charge in [0.1, 0.15) is 11.6 Å². The first-order chi connectivity index (χ1) is 14.7. The van der Waals surface area contributed by atoms with Gasteiger partial charge in [-0.2, -0.15) is 0 Å². The van der Waals surface area contributed by atoms with Crippen LogP contribution in [0.15, 0.2) is 89.7 Å². The number of aromatic nitrogens is 2. The fourth-order valence-corrected chi connectivity index (χ4v) is 3.77. The van der Waals surface area contributed by atoms with Crippen LogP contribution in [0.2, 0.25) is 0 Å². The smallest absolute Gasteiger partial charge is 0.343 e. The summed E-state index contributed by atoms with van der Waals surface area (Å²) in [6.07, 6.45) is 0.560. The monoisotopic (exact) mass is 394 g/mol. The molecule has 1 aliphatic rings. The lowest BCUT2D eigenvalue weighted by atomic mass is 10.1. The van der Waals surface area contributed by atoms with Gasteiger partial charge in [-0.3, -0.25) is 9.36 Å². The van der Waals surface area contributed by atoms with Crippen LogP contribution in [-0.2, 0) is 11.3 Å². The van der Waals surface area contributed by atoms with Crippen molar-refractivity contribution in [1.82, 2.24) is 9.55 Å². The van der Waals surface area contributed by atoms with Crippen LogP contribution in [0.5, 0.6) is 0 Å². The Morgan fingerprint density at radius 3 is 2.20 bits per heavy atom. The quantitative estimate of drug-likeness (QED) is 0.378. The number of rotatable bonds is 3. The molecule has 1 aliphatic heterocycles. The van der Waals surface area contributed by atoms with Gasteiger partial charge in [0.05, 0.1) is 16.5 Å². The summed E-state index contributed by atoms with van der Waals surface area (Å²) in [5.41, 5.74) is 2.55. The van der Waals surface area contributed by atoms with Gasteiger partial charge in [0.15, 0.2) is 0 Å². The molecule has 0 unspecified atom stereocenters. The third-order valence-electron chi connectivity index (χ3n) is 5.23. The summed E-state index contributed by atoms with van der Waals surface area (Å²) < 4.78 is 7.56. The molecule has 0 saturated heterocycles. The minimum Gasteiger partial charge on any atom is -0.422 e. The summed E-state index contributed by atoms with van der Waals surface area (Å²) in [5.74, 6) is 0.555. The summed E-state index contributed by atoms with van der Waals surface area (Å²) in [4.78, 5) is 30.5. The lowest BCUT2D eigenvalue weighted by Gasteiger charge is -2.13. The Labute approximate surface area is 172 Å². The highest BCUT2D eigenvalue weighted by Crippen LogP contribution is 2.34. The number of para-hydroxylation sites is 1. The molecule has 5 nitrogen and oxygen atoms in total. The number of benzene rings is 3. The van der Waals surface area contributed by atoms with Crippen molar-refractivity contribution in [2.24, 2.45) is 0 Å². The van der Waals surface area contributed by atoms with E-state index in [1.165, 1.54) is 0 Å². The highest BCUT2D eigenvalue weighted by Gasteiger charge is 2.27. The zero-order valence-electron chi connectivity index (χ0n) is 16.1. The van der Waals surface area contributed by atoms with E-state index in [-0.39, 0.29) is 5.56 Å². The van der Waals surface area contributed by atoms with E-state index in [4.69, 9.17) is 9.72 Å². The first-order valence-electron chi connectivity index (χ1n) is 9.78. The Balaban J connectivity index is 1.69. The van der Waals surface area contributed by atoms with E-state index in [1.807, 2.05) is 54.6 Å². The summed E-state index contributed by atoms with van der Waals surface area (Å²) in [5, 5.41) is 0.588. The van der Waals surface area contributed by atoms with Crippen LogP contribution in [0.3, 0.4) is 0 Å². The largest absolute Gasteiger partial charge is 0.422 e. The molecule has 5 rings (SSSR count). The Kier molecular flexibility index (Phi) is 4.48. The van der Waals surface area contributed by atoms with Crippen molar-refractivity contribution in [2.45, 2.75) is 13.0 Å². The molecule has 3 aromatic carbocycles. The molecule has 0 N–H and O–H groups in total. The van der Waals surface area contributed by atoms with Gasteiger partial charge in [-0.25, -0.2) is 9.78 Å². The van der Waals surface area contributed by atoms with Crippen molar-refractivity contribution in [3.63, 3.8) is 0 Å². The number of nitrogens with zero attached hydrogens (tertiary/aromatic N) is 2. The summed E-state index contributed by atoms with van der Waals surface area (Å²) in [6.45, 7) is 0.501. The molecule has 0 radical (unpaired) electrons. The van der Waals surface area contributed by atoms with Gasteiger partial charge in [0, 0.05) is 17.7 Å². The predicted octanol–water partition coefficient (Wildman–Crippen LogP) is 4.53. The second kappa shape index (κ2) is 7.44. The highest BCUT2D eigenvalue weighted by atomic mass is 16.5. The zero-order chi connectivity index (χ0) is 20.5. The molecule has 0 saturated carbocycles. The van der Waals surface area contributed by atoms with E-state index in [0.29, 0.717) is 41.0 Å². The minimum atomic E-state index is -0.441. The molecule has 4 aromatic rings. The predicted molar refractivity (Wildman–Crippen MR) is 116 cm³/mol. The van der Waals surface area contributed by atoms with Crippen LogP contribution < -0.4 is 5.56 Å². The maximum atomic E-state index is 13.0. The number of carbonyl (C=O) groups is 1. The van der Waals surface area contributed by atoms with Gasteiger partial charge in [0.25, 0.3) is 5.56 Å². The third kappa shape index (κ3) is 3.10. The van der Waals surface area contributed by atoms with Crippen molar-refractivity contribution in [3.05, 3.63) is 112 Å². The molecule has 0 atom stereocenters. The fraction of sp³-hybridized carbons (Fsp3) is 0.0800. The number of esters is 1. The van der Waals surface area contributed by atoms with Crippen molar-refractivity contribution in [2.75, 3.05) is 0 Å². The lowest BCUT2D eigenvalue weighted by molar-refractivity contribution is 0.0692. The maximum absolute atomic E-state index is 13.0. The average Bonchev–Trinajstić information content (AvgIpc) is 3.22. The van der Waals surface area contributed by atoms with Crippen molar-refractivity contribution < 1.29 is 9.53 Å². The molecule has 1 aromatic heterocycles. The van der Waals surface area contributed by atoms with Crippen molar-refractivity contribution in [3.8, 4) is 0 Å². The normalized spacial score (nSPS) is 14.4. The van der Waals surface area contributed by atoms with Crippen molar-refractivity contribution in [1.29, 1.82) is 0 Å². The van der Waals surface area contributed by atoms with E-state index < -0.39 is 5.97 Å². The third-order valence-corrected chi connectivity index (χ3v) is 5.23. The molecule has 5 heteroatoms. The van der Waals surface area contributed by atoms with Gasteiger partial charge >= 0.3 is 5.97 Å². The minimum absolute atomic E-state index is 0.0765. The second-order valence-corrected chi connectivity index (χ2v) is 7.09. The maximum Gasteiger partial charge on any atom is 0.343 e. The summed E-state index contributed by atoms with van der Waals surface area (Å²) in [6, 6.07) is 25.6. The molecule has 0 fully saturated rings. The molecule has 0 amide bonds. The zero-order valence-corrected chi connectivity index (χ0v) is 16.1. The standard InChI is InChI=1S/C25H18N2O3/c28-24-19-13-7-8-14-21(19)26-23-20(15-16-27(23)24)22(17-9-3-1-4-10-17)30-25(29)18-11-5-2-6-12-18/h1-14H,15-16H2/b22-20-. The SMILES string of the molecule is O=C(O/C(=C1/CCn2c1nc1ccccc1c2=O)c1ccccc1)c1ccccc1. The number of allylic oxidation sites excluding steroid dienone is 1. The van der Waals surface area contributed by atoms with E-state index in [2.05, 4.69) is 0 Å². The molecule has 2 heterocycles. The first-order valence-corrected chi connectivity index (χ1v) is 9.78. The average molecular weight is 394 g/mol. The summed E-state index contributed by atoms with van der Waals surface area (Å²) >= 11 is 0. The Morgan fingerprint density at radius 1 is 0.833 bits per heavy atom. The number of fused-ring (bicyclic) bond motifs is 2. The van der Waals surface area contributed by atoms with Crippen LogP contribution in [0.4, 0.5) is 0 Å². The van der Waals surface area contributed by atoms with Crippen LogP contribution in [0, 0.1) is 0 Å². The Hall–Kier alpha value is -3.99. The van der Waals surface area contributed by atoms with Gasteiger partial charge in [0.2, 0.25) is 0 Å². The number of hydrogen-bond donors (Lipinski definition) is 0. The molecular formula is C25H18N2O3. The van der Waals surface area contributed by atoms with Crippen molar-refractivity contribution >= 4 is 28.2 Å². The van der Waals surface area contributed by atoms with Crippen LogP contribution >= 0.6 is 0 Å². The summed E-state index contributed by atoms with van der Waals surface area (Å²) in [7, 11) is 0. The molecule has 0 bridgehead atoms. The molecule has 30 heavy (non-hydrogen) atoms. The molecule has 0 aliphatic carbocycles. The molecule has 146 valence electrons. The molecular weight excluding hydrogens is 376 g/mol. The van der Waals surface area contributed by atoms with E-state index in [0.717, 1.165) is 11.1 Å².